The Morgan fingerprint density at radius 2 is 1.92 bits per heavy atom. The summed E-state index contributed by atoms with van der Waals surface area (Å²) in [5.41, 5.74) is 3.88. The van der Waals surface area contributed by atoms with E-state index < -0.39 is 0 Å². The summed E-state index contributed by atoms with van der Waals surface area (Å²) in [6.07, 6.45) is 0.907. The molecule has 1 aromatic heterocycles. The number of aromatic nitrogens is 2. The van der Waals surface area contributed by atoms with Crippen molar-refractivity contribution in [1.29, 1.82) is 0 Å². The van der Waals surface area contributed by atoms with Crippen molar-refractivity contribution in [3.8, 4) is 28.4 Å². The summed E-state index contributed by atoms with van der Waals surface area (Å²) in [6.45, 7) is 1.13. The van der Waals surface area contributed by atoms with Crippen molar-refractivity contribution in [1.82, 2.24) is 9.78 Å². The lowest BCUT2D eigenvalue weighted by Gasteiger charge is -2.08. The summed E-state index contributed by atoms with van der Waals surface area (Å²) in [5.74, 6) is 2.48. The van der Waals surface area contributed by atoms with Gasteiger partial charge in [-0.3, -0.25) is 0 Å². The molecule has 0 amide bonds. The van der Waals surface area contributed by atoms with Crippen LogP contribution in [0.15, 0.2) is 36.4 Å². The average molecular weight is 374 g/mol. The Bertz CT molecular complexity index is 1000. The van der Waals surface area contributed by atoms with E-state index in [-0.39, 0.29) is 6.79 Å². The second-order valence-electron chi connectivity index (χ2n) is 5.93. The van der Waals surface area contributed by atoms with Crippen LogP contribution in [0.4, 0.5) is 5.82 Å². The number of halogens is 2. The molecule has 126 valence electrons. The summed E-state index contributed by atoms with van der Waals surface area (Å²) in [4.78, 5) is 0. The molecule has 25 heavy (non-hydrogen) atoms. The lowest BCUT2D eigenvalue weighted by molar-refractivity contribution is 0.174. The molecule has 0 atom stereocenters. The predicted octanol–water partition coefficient (Wildman–Crippen LogP) is 4.54. The molecule has 1 N–H and O–H groups in total. The Balaban J connectivity index is 1.67. The second-order valence-corrected chi connectivity index (χ2v) is 6.77. The summed E-state index contributed by atoms with van der Waals surface area (Å²) in [6, 6.07) is 11.3. The third-order valence-electron chi connectivity index (χ3n) is 4.43. The van der Waals surface area contributed by atoms with Gasteiger partial charge in [-0.25, -0.2) is 4.68 Å². The van der Waals surface area contributed by atoms with Crippen LogP contribution < -0.4 is 14.8 Å². The smallest absolute Gasteiger partial charge is 0.231 e. The van der Waals surface area contributed by atoms with Crippen LogP contribution in [0, 0.1) is 0 Å². The van der Waals surface area contributed by atoms with Crippen LogP contribution in [0.5, 0.6) is 11.5 Å². The van der Waals surface area contributed by atoms with Crippen molar-refractivity contribution >= 4 is 29.0 Å². The van der Waals surface area contributed by atoms with Crippen molar-refractivity contribution in [3.05, 3.63) is 52.0 Å². The lowest BCUT2D eigenvalue weighted by atomic mass is 10.1. The molecule has 2 aliphatic rings. The predicted molar refractivity (Wildman–Crippen MR) is 97.3 cm³/mol. The van der Waals surface area contributed by atoms with Crippen molar-refractivity contribution in [2.75, 3.05) is 18.7 Å². The van der Waals surface area contributed by atoms with Crippen molar-refractivity contribution in [2.24, 2.45) is 0 Å². The highest BCUT2D eigenvalue weighted by atomic mass is 35.5. The van der Waals surface area contributed by atoms with E-state index in [1.807, 2.05) is 35.0 Å². The van der Waals surface area contributed by atoms with E-state index in [2.05, 4.69) is 5.32 Å². The summed E-state index contributed by atoms with van der Waals surface area (Å²) >= 11 is 12.4. The average Bonchev–Trinajstić information content (AvgIpc) is 3.30. The molecule has 5 nitrogen and oxygen atoms in total. The van der Waals surface area contributed by atoms with Gasteiger partial charge in [0.2, 0.25) is 6.79 Å². The van der Waals surface area contributed by atoms with E-state index in [1.54, 1.807) is 6.07 Å². The first kappa shape index (κ1) is 14.9. The quantitative estimate of drug-likeness (QED) is 0.715. The standard InChI is InChI=1S/C18H13Cl2N3O2/c19-11-2-3-14(13(20)8-11)23-18-12(5-6-21-18)17(22-23)10-1-4-15-16(7-10)25-9-24-15/h1-4,7-8,21H,5-6,9H2. The van der Waals surface area contributed by atoms with Gasteiger partial charge >= 0.3 is 0 Å². The third kappa shape index (κ3) is 2.34. The van der Waals surface area contributed by atoms with Gasteiger partial charge in [0, 0.05) is 22.7 Å². The number of fused-ring (bicyclic) bond motifs is 2. The molecule has 2 aromatic carbocycles. The van der Waals surface area contributed by atoms with Crippen molar-refractivity contribution < 1.29 is 9.47 Å². The molecule has 0 saturated carbocycles. The van der Waals surface area contributed by atoms with Gasteiger partial charge in [0.1, 0.15) is 5.82 Å². The Morgan fingerprint density at radius 3 is 2.80 bits per heavy atom. The fourth-order valence-corrected chi connectivity index (χ4v) is 3.77. The molecule has 5 rings (SSSR count). The molecule has 0 spiro atoms. The minimum atomic E-state index is 0.257. The first-order valence-electron chi connectivity index (χ1n) is 7.92. The molecule has 0 fully saturated rings. The van der Waals surface area contributed by atoms with Crippen LogP contribution in [-0.2, 0) is 6.42 Å². The molecule has 2 aliphatic heterocycles. The molecule has 0 unspecified atom stereocenters. The van der Waals surface area contributed by atoms with Crippen LogP contribution in [0.3, 0.4) is 0 Å². The number of benzene rings is 2. The zero-order chi connectivity index (χ0) is 17.0. The maximum Gasteiger partial charge on any atom is 0.231 e. The molecule has 0 aliphatic carbocycles. The molecule has 7 heteroatoms. The summed E-state index contributed by atoms with van der Waals surface area (Å²) < 4.78 is 12.7. The van der Waals surface area contributed by atoms with E-state index in [1.165, 1.54) is 5.56 Å². The number of nitrogens with one attached hydrogen (secondary N) is 1. The first-order chi connectivity index (χ1) is 12.2. The van der Waals surface area contributed by atoms with Gasteiger partial charge in [0.25, 0.3) is 0 Å². The number of hydrogen-bond donors (Lipinski definition) is 1. The number of anilines is 1. The SMILES string of the molecule is Clc1ccc(-n2nc(-c3ccc4c(c3)OCO4)c3c2NCC3)c(Cl)c1. The maximum atomic E-state index is 6.39. The van der Waals surface area contributed by atoms with Crippen molar-refractivity contribution in [3.63, 3.8) is 0 Å². The van der Waals surface area contributed by atoms with Gasteiger partial charge in [-0.05, 0) is 42.8 Å². The topological polar surface area (TPSA) is 48.3 Å². The summed E-state index contributed by atoms with van der Waals surface area (Å²) in [7, 11) is 0. The number of hydrogen-bond acceptors (Lipinski definition) is 4. The molecule has 0 bridgehead atoms. The third-order valence-corrected chi connectivity index (χ3v) is 4.97. The minimum absolute atomic E-state index is 0.257. The van der Waals surface area contributed by atoms with Gasteiger partial charge in [-0.1, -0.05) is 23.2 Å². The van der Waals surface area contributed by atoms with E-state index in [4.69, 9.17) is 37.8 Å². The Kier molecular flexibility index (Phi) is 3.33. The molecule has 3 heterocycles. The van der Waals surface area contributed by atoms with Crippen LogP contribution >= 0.6 is 23.2 Å². The normalized spacial score (nSPS) is 14.5. The number of ether oxygens (including phenoxy) is 2. The minimum Gasteiger partial charge on any atom is -0.454 e. The van der Waals surface area contributed by atoms with Crippen LogP contribution in [0.2, 0.25) is 10.0 Å². The molecule has 3 aromatic rings. The highest BCUT2D eigenvalue weighted by Crippen LogP contribution is 2.40. The maximum absolute atomic E-state index is 6.39. The van der Waals surface area contributed by atoms with E-state index in [0.29, 0.717) is 10.0 Å². The second kappa shape index (κ2) is 5.58. The first-order valence-corrected chi connectivity index (χ1v) is 8.67. The summed E-state index contributed by atoms with van der Waals surface area (Å²) in [5, 5.41) is 9.38. The van der Waals surface area contributed by atoms with Gasteiger partial charge in [0.15, 0.2) is 11.5 Å². The highest BCUT2D eigenvalue weighted by Gasteiger charge is 2.26. The highest BCUT2D eigenvalue weighted by molar-refractivity contribution is 6.35. The Labute approximate surface area is 154 Å². The molecular formula is C18H13Cl2N3O2. The Hall–Kier alpha value is -2.37. The number of nitrogens with zero attached hydrogens (tertiary/aromatic N) is 2. The largest absolute Gasteiger partial charge is 0.454 e. The van der Waals surface area contributed by atoms with E-state index in [0.717, 1.165) is 47.2 Å². The van der Waals surface area contributed by atoms with Crippen molar-refractivity contribution in [2.45, 2.75) is 6.42 Å². The van der Waals surface area contributed by atoms with Gasteiger partial charge in [0.05, 0.1) is 16.4 Å². The zero-order valence-electron chi connectivity index (χ0n) is 13.1. The van der Waals surface area contributed by atoms with Crippen LogP contribution in [0.1, 0.15) is 5.56 Å². The fourth-order valence-electron chi connectivity index (χ4n) is 3.28. The monoisotopic (exact) mass is 373 g/mol. The van der Waals surface area contributed by atoms with E-state index >= 15 is 0 Å². The molecular weight excluding hydrogens is 361 g/mol. The zero-order valence-corrected chi connectivity index (χ0v) is 14.6. The van der Waals surface area contributed by atoms with Crippen LogP contribution in [0.25, 0.3) is 16.9 Å². The van der Waals surface area contributed by atoms with Gasteiger partial charge in [-0.15, -0.1) is 0 Å². The Morgan fingerprint density at radius 1 is 1.04 bits per heavy atom. The van der Waals surface area contributed by atoms with Gasteiger partial charge < -0.3 is 14.8 Å². The van der Waals surface area contributed by atoms with E-state index in [9.17, 15) is 0 Å². The van der Waals surface area contributed by atoms with Crippen LogP contribution in [-0.4, -0.2) is 23.1 Å². The fraction of sp³-hybridized carbons (Fsp3) is 0.167. The molecule has 0 saturated heterocycles. The lowest BCUT2D eigenvalue weighted by Crippen LogP contribution is -2.04. The number of rotatable bonds is 2. The molecule has 0 radical (unpaired) electrons. The van der Waals surface area contributed by atoms with Gasteiger partial charge in [-0.2, -0.15) is 5.10 Å².